The van der Waals surface area contributed by atoms with E-state index in [0.717, 1.165) is 73.7 Å². The normalized spacial score (nSPS) is 15.0. The van der Waals surface area contributed by atoms with Gasteiger partial charge in [-0.15, -0.1) is 0 Å². The molecule has 0 amide bonds. The zero-order valence-electron chi connectivity index (χ0n) is 15.7. The summed E-state index contributed by atoms with van der Waals surface area (Å²) in [6.07, 6.45) is 1.11. The van der Waals surface area contributed by atoms with Crippen LogP contribution in [0.25, 0.3) is 0 Å². The summed E-state index contributed by atoms with van der Waals surface area (Å²) in [5.41, 5.74) is 1.90. The van der Waals surface area contributed by atoms with Gasteiger partial charge in [0.05, 0.1) is 13.2 Å². The van der Waals surface area contributed by atoms with Gasteiger partial charge in [-0.05, 0) is 49.8 Å². The summed E-state index contributed by atoms with van der Waals surface area (Å²) in [6, 6.07) is 11.5. The predicted octanol–water partition coefficient (Wildman–Crippen LogP) is 5.15. The van der Waals surface area contributed by atoms with Gasteiger partial charge in [0.15, 0.2) is 0 Å². The molecule has 1 saturated heterocycles. The Balaban J connectivity index is 1.50. The smallest absolute Gasteiger partial charge is 0.124 e. The van der Waals surface area contributed by atoms with Crippen LogP contribution < -0.4 is 10.1 Å². The van der Waals surface area contributed by atoms with Gasteiger partial charge < -0.3 is 14.8 Å². The molecule has 3 rings (SSSR count). The Hall–Kier alpha value is -0.820. The van der Waals surface area contributed by atoms with Crippen molar-refractivity contribution >= 4 is 39.1 Å². The molecule has 0 bridgehead atoms. The number of rotatable bonds is 9. The lowest BCUT2D eigenvalue weighted by Crippen LogP contribution is -2.37. The van der Waals surface area contributed by atoms with Gasteiger partial charge in [-0.25, -0.2) is 0 Å². The fraction of sp³-hybridized carbons (Fsp3) is 0.429. The van der Waals surface area contributed by atoms with E-state index in [1.54, 1.807) is 0 Å². The van der Waals surface area contributed by atoms with E-state index in [1.807, 2.05) is 30.3 Å². The van der Waals surface area contributed by atoms with Crippen LogP contribution in [-0.4, -0.2) is 44.3 Å². The van der Waals surface area contributed by atoms with Crippen LogP contribution in [0.4, 0.5) is 0 Å². The first-order valence-electron chi connectivity index (χ1n) is 9.48. The molecule has 1 aliphatic rings. The SMILES string of the molecule is Clc1cccc(Cl)c1COc1ccc(Br)cc1CNCCCN1CCOCC1. The van der Waals surface area contributed by atoms with Crippen LogP contribution in [0.15, 0.2) is 40.9 Å². The second-order valence-electron chi connectivity index (χ2n) is 6.73. The largest absolute Gasteiger partial charge is 0.488 e. The Morgan fingerprint density at radius 1 is 1.11 bits per heavy atom. The summed E-state index contributed by atoms with van der Waals surface area (Å²) in [5, 5.41) is 4.75. The Morgan fingerprint density at radius 3 is 2.61 bits per heavy atom. The van der Waals surface area contributed by atoms with E-state index >= 15 is 0 Å². The highest BCUT2D eigenvalue weighted by atomic mass is 79.9. The quantitative estimate of drug-likeness (QED) is 0.496. The second kappa shape index (κ2) is 11.4. The van der Waals surface area contributed by atoms with E-state index in [9.17, 15) is 0 Å². The fourth-order valence-corrected chi connectivity index (χ4v) is 4.04. The molecule has 28 heavy (non-hydrogen) atoms. The third-order valence-corrected chi connectivity index (χ3v) is 5.90. The molecular formula is C21H25BrCl2N2O2. The lowest BCUT2D eigenvalue weighted by molar-refractivity contribution is 0.0374. The van der Waals surface area contributed by atoms with Crippen molar-refractivity contribution in [2.24, 2.45) is 0 Å². The Morgan fingerprint density at radius 2 is 1.86 bits per heavy atom. The molecule has 1 N–H and O–H groups in total. The Kier molecular flexibility index (Phi) is 8.90. The Labute approximate surface area is 185 Å². The molecule has 152 valence electrons. The first-order chi connectivity index (χ1) is 13.6. The predicted molar refractivity (Wildman–Crippen MR) is 119 cm³/mol. The second-order valence-corrected chi connectivity index (χ2v) is 8.46. The van der Waals surface area contributed by atoms with Crippen LogP contribution in [0, 0.1) is 0 Å². The molecule has 2 aromatic carbocycles. The van der Waals surface area contributed by atoms with Gasteiger partial charge in [-0.3, -0.25) is 4.90 Å². The van der Waals surface area contributed by atoms with Crippen LogP contribution in [0.1, 0.15) is 17.5 Å². The topological polar surface area (TPSA) is 33.7 Å². The zero-order valence-corrected chi connectivity index (χ0v) is 18.8. The van der Waals surface area contributed by atoms with Gasteiger partial charge in [-0.2, -0.15) is 0 Å². The molecule has 0 aromatic heterocycles. The molecule has 7 heteroatoms. The molecule has 0 radical (unpaired) electrons. The molecule has 0 atom stereocenters. The maximum atomic E-state index is 6.25. The number of ether oxygens (including phenoxy) is 2. The van der Waals surface area contributed by atoms with Crippen molar-refractivity contribution in [3.05, 3.63) is 62.0 Å². The first kappa shape index (κ1) is 21.9. The van der Waals surface area contributed by atoms with Gasteiger partial charge in [0.2, 0.25) is 0 Å². The number of hydrogen-bond acceptors (Lipinski definition) is 4. The molecule has 0 unspecified atom stereocenters. The van der Waals surface area contributed by atoms with Crippen molar-refractivity contribution in [1.29, 1.82) is 0 Å². The standard InChI is InChI=1S/C21H25BrCl2N2O2/c22-17-5-6-21(28-15-18-19(23)3-1-4-20(18)24)16(13-17)14-25-7-2-8-26-9-11-27-12-10-26/h1,3-6,13,25H,2,7-12,14-15H2. The first-order valence-corrected chi connectivity index (χ1v) is 11.0. The monoisotopic (exact) mass is 486 g/mol. The van der Waals surface area contributed by atoms with Crippen LogP contribution >= 0.6 is 39.1 Å². The maximum absolute atomic E-state index is 6.25. The zero-order chi connectivity index (χ0) is 19.8. The number of benzene rings is 2. The van der Waals surface area contributed by atoms with Crippen LogP contribution in [-0.2, 0) is 17.9 Å². The molecular weight excluding hydrogens is 463 g/mol. The Bertz CT molecular complexity index is 750. The van der Waals surface area contributed by atoms with Crippen molar-refractivity contribution < 1.29 is 9.47 Å². The lowest BCUT2D eigenvalue weighted by Gasteiger charge is -2.26. The molecule has 1 fully saturated rings. The minimum absolute atomic E-state index is 0.337. The van der Waals surface area contributed by atoms with Gasteiger partial charge in [-0.1, -0.05) is 45.2 Å². The van der Waals surface area contributed by atoms with E-state index < -0.39 is 0 Å². The summed E-state index contributed by atoms with van der Waals surface area (Å²) in [6.45, 7) is 6.91. The van der Waals surface area contributed by atoms with Crippen LogP contribution in [0.5, 0.6) is 5.75 Å². The van der Waals surface area contributed by atoms with Crippen molar-refractivity contribution in [2.75, 3.05) is 39.4 Å². The van der Waals surface area contributed by atoms with Crippen LogP contribution in [0.2, 0.25) is 10.0 Å². The molecule has 1 heterocycles. The van der Waals surface area contributed by atoms with Crippen molar-refractivity contribution in [3.8, 4) is 5.75 Å². The average molecular weight is 488 g/mol. The van der Waals surface area contributed by atoms with Crippen molar-refractivity contribution in [3.63, 3.8) is 0 Å². The van der Waals surface area contributed by atoms with E-state index in [0.29, 0.717) is 16.7 Å². The minimum Gasteiger partial charge on any atom is -0.488 e. The van der Waals surface area contributed by atoms with E-state index in [2.05, 4.69) is 32.2 Å². The molecule has 1 aliphatic heterocycles. The lowest BCUT2D eigenvalue weighted by atomic mass is 10.2. The molecule has 0 aliphatic carbocycles. The summed E-state index contributed by atoms with van der Waals surface area (Å²) in [4.78, 5) is 2.45. The van der Waals surface area contributed by atoms with Gasteiger partial charge >= 0.3 is 0 Å². The number of morpholine rings is 1. The number of halogens is 3. The number of nitrogens with zero attached hydrogens (tertiary/aromatic N) is 1. The summed E-state index contributed by atoms with van der Waals surface area (Å²) >= 11 is 16.0. The summed E-state index contributed by atoms with van der Waals surface area (Å²) < 4.78 is 12.5. The van der Waals surface area contributed by atoms with Crippen molar-refractivity contribution in [2.45, 2.75) is 19.6 Å². The third-order valence-electron chi connectivity index (χ3n) is 4.70. The average Bonchev–Trinajstić information content (AvgIpc) is 2.69. The molecule has 4 nitrogen and oxygen atoms in total. The van der Waals surface area contributed by atoms with Gasteiger partial charge in [0.25, 0.3) is 0 Å². The molecule has 0 saturated carbocycles. The maximum Gasteiger partial charge on any atom is 0.124 e. The minimum atomic E-state index is 0.337. The summed E-state index contributed by atoms with van der Waals surface area (Å²) in [7, 11) is 0. The highest BCUT2D eigenvalue weighted by Gasteiger charge is 2.11. The highest BCUT2D eigenvalue weighted by molar-refractivity contribution is 9.10. The van der Waals surface area contributed by atoms with Crippen LogP contribution in [0.3, 0.4) is 0 Å². The summed E-state index contributed by atoms with van der Waals surface area (Å²) in [5.74, 6) is 0.833. The van der Waals surface area contributed by atoms with Gasteiger partial charge in [0, 0.05) is 45.3 Å². The third kappa shape index (κ3) is 6.61. The number of nitrogens with one attached hydrogen (secondary N) is 1. The van der Waals surface area contributed by atoms with E-state index in [1.165, 1.54) is 0 Å². The van der Waals surface area contributed by atoms with Crippen molar-refractivity contribution in [1.82, 2.24) is 10.2 Å². The molecule has 2 aromatic rings. The molecule has 0 spiro atoms. The van der Waals surface area contributed by atoms with Gasteiger partial charge in [0.1, 0.15) is 12.4 Å². The highest BCUT2D eigenvalue weighted by Crippen LogP contribution is 2.28. The van der Waals surface area contributed by atoms with E-state index in [-0.39, 0.29) is 0 Å². The number of hydrogen-bond donors (Lipinski definition) is 1. The van der Waals surface area contributed by atoms with E-state index in [4.69, 9.17) is 32.7 Å². The fourth-order valence-electron chi connectivity index (χ4n) is 3.12.